The highest BCUT2D eigenvalue weighted by Crippen LogP contribution is 2.21. The highest BCUT2D eigenvalue weighted by atomic mass is 16.3. The number of phenols is 1. The van der Waals surface area contributed by atoms with E-state index in [0.29, 0.717) is 13.0 Å². The van der Waals surface area contributed by atoms with Crippen molar-refractivity contribution >= 4 is 0 Å². The molecule has 2 rings (SSSR count). The Labute approximate surface area is 83.4 Å². The molecule has 1 aromatic rings. The van der Waals surface area contributed by atoms with Gasteiger partial charge in [-0.2, -0.15) is 0 Å². The molecule has 1 saturated heterocycles. The Morgan fingerprint density at radius 1 is 1.29 bits per heavy atom. The van der Waals surface area contributed by atoms with Crippen molar-refractivity contribution in [3.8, 4) is 5.75 Å². The molecule has 1 aromatic carbocycles. The Hall–Kier alpha value is -1.06. The molecule has 3 heteroatoms. The van der Waals surface area contributed by atoms with Gasteiger partial charge >= 0.3 is 0 Å². The topological polar surface area (TPSA) is 52.5 Å². The third-order valence-electron chi connectivity index (χ3n) is 2.69. The van der Waals surface area contributed by atoms with Gasteiger partial charge in [0, 0.05) is 13.0 Å². The van der Waals surface area contributed by atoms with Crippen molar-refractivity contribution < 1.29 is 10.2 Å². The molecule has 3 N–H and O–H groups in total. The average molecular weight is 193 g/mol. The summed E-state index contributed by atoms with van der Waals surface area (Å²) in [6.45, 7) is 1.54. The normalized spacial score (nSPS) is 26.6. The minimum Gasteiger partial charge on any atom is -0.508 e. The van der Waals surface area contributed by atoms with Crippen LogP contribution < -0.4 is 5.32 Å². The summed E-state index contributed by atoms with van der Waals surface area (Å²) in [7, 11) is 0. The SMILES string of the molecule is Oc1ccc(CC2(O)CCNC2)cc1. The Balaban J connectivity index is 2.06. The number of benzene rings is 1. The second-order valence-electron chi connectivity index (χ2n) is 3.99. The van der Waals surface area contributed by atoms with Crippen molar-refractivity contribution in [2.75, 3.05) is 13.1 Å². The van der Waals surface area contributed by atoms with Crippen molar-refractivity contribution in [2.24, 2.45) is 0 Å². The first-order chi connectivity index (χ1) is 6.68. The molecule has 14 heavy (non-hydrogen) atoms. The molecule has 1 atom stereocenters. The number of aromatic hydroxyl groups is 1. The van der Waals surface area contributed by atoms with Crippen LogP contribution in [0.2, 0.25) is 0 Å². The number of phenolic OH excluding ortho intramolecular Hbond substituents is 1. The van der Waals surface area contributed by atoms with Gasteiger partial charge in [0.1, 0.15) is 5.75 Å². The summed E-state index contributed by atoms with van der Waals surface area (Å²) in [5.74, 6) is 0.269. The summed E-state index contributed by atoms with van der Waals surface area (Å²) < 4.78 is 0. The van der Waals surface area contributed by atoms with Crippen LogP contribution in [0, 0.1) is 0 Å². The van der Waals surface area contributed by atoms with Crippen molar-refractivity contribution in [1.29, 1.82) is 0 Å². The Bertz CT molecular complexity index is 302. The van der Waals surface area contributed by atoms with Crippen LogP contribution in [0.4, 0.5) is 0 Å². The molecule has 1 aliphatic rings. The van der Waals surface area contributed by atoms with Crippen LogP contribution in [-0.2, 0) is 6.42 Å². The third kappa shape index (κ3) is 2.05. The smallest absolute Gasteiger partial charge is 0.115 e. The minimum absolute atomic E-state index is 0.269. The lowest BCUT2D eigenvalue weighted by Gasteiger charge is -2.21. The van der Waals surface area contributed by atoms with Crippen LogP contribution in [0.5, 0.6) is 5.75 Å². The van der Waals surface area contributed by atoms with E-state index in [0.717, 1.165) is 18.5 Å². The highest BCUT2D eigenvalue weighted by molar-refractivity contribution is 5.27. The van der Waals surface area contributed by atoms with E-state index >= 15 is 0 Å². The molecule has 0 aliphatic carbocycles. The first-order valence-electron chi connectivity index (χ1n) is 4.89. The maximum atomic E-state index is 10.1. The van der Waals surface area contributed by atoms with Crippen LogP contribution in [0.15, 0.2) is 24.3 Å². The lowest BCUT2D eigenvalue weighted by molar-refractivity contribution is 0.0619. The van der Waals surface area contributed by atoms with Crippen LogP contribution >= 0.6 is 0 Å². The first kappa shape index (κ1) is 9.49. The maximum Gasteiger partial charge on any atom is 0.115 e. The van der Waals surface area contributed by atoms with E-state index in [9.17, 15) is 5.11 Å². The van der Waals surface area contributed by atoms with Gasteiger partial charge in [0.05, 0.1) is 5.60 Å². The quantitative estimate of drug-likeness (QED) is 0.646. The Morgan fingerprint density at radius 2 is 2.00 bits per heavy atom. The van der Waals surface area contributed by atoms with E-state index in [2.05, 4.69) is 5.32 Å². The first-order valence-corrected chi connectivity index (χ1v) is 4.89. The number of hydrogen-bond acceptors (Lipinski definition) is 3. The summed E-state index contributed by atoms with van der Waals surface area (Å²) in [6.07, 6.45) is 1.45. The van der Waals surface area contributed by atoms with Crippen molar-refractivity contribution in [2.45, 2.75) is 18.4 Å². The number of aliphatic hydroxyl groups is 1. The van der Waals surface area contributed by atoms with Crippen LogP contribution in [0.3, 0.4) is 0 Å². The van der Waals surface area contributed by atoms with E-state index in [1.807, 2.05) is 12.1 Å². The summed E-state index contributed by atoms with van der Waals surface area (Å²) in [6, 6.07) is 7.01. The van der Waals surface area contributed by atoms with E-state index in [-0.39, 0.29) is 5.75 Å². The lowest BCUT2D eigenvalue weighted by Crippen LogP contribution is -2.33. The molecule has 3 nitrogen and oxygen atoms in total. The number of β-amino-alcohol motifs (C(OH)–C–C–N with tert-alkyl or cyclic N) is 1. The van der Waals surface area contributed by atoms with Gasteiger partial charge in [0.2, 0.25) is 0 Å². The van der Waals surface area contributed by atoms with Gasteiger partial charge in [0.25, 0.3) is 0 Å². The van der Waals surface area contributed by atoms with Crippen LogP contribution in [0.1, 0.15) is 12.0 Å². The average Bonchev–Trinajstić information content (AvgIpc) is 2.57. The van der Waals surface area contributed by atoms with Gasteiger partial charge in [-0.05, 0) is 30.7 Å². The fourth-order valence-electron chi connectivity index (χ4n) is 1.88. The van der Waals surface area contributed by atoms with Gasteiger partial charge in [0.15, 0.2) is 0 Å². The number of nitrogens with one attached hydrogen (secondary N) is 1. The molecule has 0 aromatic heterocycles. The minimum atomic E-state index is -0.600. The summed E-state index contributed by atoms with van der Waals surface area (Å²) in [5, 5.41) is 22.3. The molecule has 1 fully saturated rings. The summed E-state index contributed by atoms with van der Waals surface area (Å²) in [5.41, 5.74) is 0.464. The summed E-state index contributed by atoms with van der Waals surface area (Å²) in [4.78, 5) is 0. The molecule has 0 saturated carbocycles. The zero-order chi connectivity index (χ0) is 10.0. The van der Waals surface area contributed by atoms with Crippen LogP contribution in [0.25, 0.3) is 0 Å². The van der Waals surface area contributed by atoms with Crippen molar-refractivity contribution in [3.05, 3.63) is 29.8 Å². The molecular weight excluding hydrogens is 178 g/mol. The fourth-order valence-corrected chi connectivity index (χ4v) is 1.88. The maximum absolute atomic E-state index is 10.1. The molecule has 0 radical (unpaired) electrons. The predicted molar refractivity (Wildman–Crippen MR) is 54.2 cm³/mol. The third-order valence-corrected chi connectivity index (χ3v) is 2.69. The molecule has 76 valence electrons. The molecular formula is C11H15NO2. The summed E-state index contributed by atoms with van der Waals surface area (Å²) >= 11 is 0. The van der Waals surface area contributed by atoms with Gasteiger partial charge in [-0.1, -0.05) is 12.1 Å². The molecule has 1 heterocycles. The Morgan fingerprint density at radius 3 is 2.57 bits per heavy atom. The second kappa shape index (κ2) is 3.59. The van der Waals surface area contributed by atoms with Crippen molar-refractivity contribution in [3.63, 3.8) is 0 Å². The lowest BCUT2D eigenvalue weighted by atomic mass is 9.94. The van der Waals surface area contributed by atoms with Gasteiger partial charge < -0.3 is 15.5 Å². The molecule has 1 aliphatic heterocycles. The Kier molecular flexibility index (Phi) is 2.44. The highest BCUT2D eigenvalue weighted by Gasteiger charge is 2.30. The van der Waals surface area contributed by atoms with Gasteiger partial charge in [-0.15, -0.1) is 0 Å². The molecule has 0 spiro atoms. The zero-order valence-electron chi connectivity index (χ0n) is 8.03. The zero-order valence-corrected chi connectivity index (χ0v) is 8.03. The van der Waals surface area contributed by atoms with Crippen LogP contribution in [-0.4, -0.2) is 28.9 Å². The second-order valence-corrected chi connectivity index (χ2v) is 3.99. The van der Waals surface area contributed by atoms with Gasteiger partial charge in [-0.25, -0.2) is 0 Å². The van der Waals surface area contributed by atoms with E-state index in [1.165, 1.54) is 0 Å². The number of hydrogen-bond donors (Lipinski definition) is 3. The van der Waals surface area contributed by atoms with Gasteiger partial charge in [-0.3, -0.25) is 0 Å². The fraction of sp³-hybridized carbons (Fsp3) is 0.455. The molecule has 0 bridgehead atoms. The standard InChI is InChI=1S/C11H15NO2/c13-10-3-1-9(2-4-10)7-11(14)5-6-12-8-11/h1-4,12-14H,5-8H2. The predicted octanol–water partition coefficient (Wildman–Crippen LogP) is 0.659. The molecule has 0 amide bonds. The monoisotopic (exact) mass is 193 g/mol. The molecule has 1 unspecified atom stereocenters. The van der Waals surface area contributed by atoms with E-state index < -0.39 is 5.60 Å². The van der Waals surface area contributed by atoms with E-state index in [1.54, 1.807) is 12.1 Å². The largest absolute Gasteiger partial charge is 0.508 e. The number of rotatable bonds is 2. The van der Waals surface area contributed by atoms with E-state index in [4.69, 9.17) is 5.11 Å². The van der Waals surface area contributed by atoms with Crippen molar-refractivity contribution in [1.82, 2.24) is 5.32 Å².